The standard InChI is InChI=1S/C12H10F2N2O2S/c13-8-1-2-10(14)11(4-8)19-6-9-3-7(5-18-9)12(17)16-15/h1-5H,6,15H2,(H,16,17). The summed E-state index contributed by atoms with van der Waals surface area (Å²) in [7, 11) is 0. The van der Waals surface area contributed by atoms with E-state index in [1.807, 2.05) is 5.43 Å². The minimum atomic E-state index is -0.508. The average Bonchev–Trinajstić information content (AvgIpc) is 2.88. The zero-order valence-electron chi connectivity index (χ0n) is 9.65. The van der Waals surface area contributed by atoms with Crippen molar-refractivity contribution in [3.8, 4) is 0 Å². The van der Waals surface area contributed by atoms with Gasteiger partial charge in [-0.3, -0.25) is 10.2 Å². The number of amides is 1. The number of thioether (sulfide) groups is 1. The van der Waals surface area contributed by atoms with Crippen LogP contribution in [0.3, 0.4) is 0 Å². The molecule has 0 spiro atoms. The number of nitrogens with one attached hydrogen (secondary N) is 1. The molecular formula is C12H10F2N2O2S. The molecule has 0 aliphatic rings. The first-order valence-electron chi connectivity index (χ1n) is 5.26. The number of rotatable bonds is 4. The minimum absolute atomic E-state index is 0.182. The summed E-state index contributed by atoms with van der Waals surface area (Å²) in [5.74, 6) is 4.23. The minimum Gasteiger partial charge on any atom is -0.468 e. The number of benzene rings is 1. The molecule has 0 aliphatic heterocycles. The number of furan rings is 1. The summed E-state index contributed by atoms with van der Waals surface area (Å²) in [6.45, 7) is 0. The molecule has 1 aromatic carbocycles. The van der Waals surface area contributed by atoms with Crippen molar-refractivity contribution in [2.75, 3.05) is 0 Å². The number of hydrogen-bond donors (Lipinski definition) is 2. The Bertz CT molecular complexity index is 601. The van der Waals surface area contributed by atoms with E-state index in [0.29, 0.717) is 5.76 Å². The van der Waals surface area contributed by atoms with Crippen LogP contribution in [0.4, 0.5) is 8.78 Å². The lowest BCUT2D eigenvalue weighted by atomic mass is 10.3. The molecule has 0 aliphatic carbocycles. The molecule has 0 saturated heterocycles. The molecule has 1 amide bonds. The zero-order chi connectivity index (χ0) is 13.8. The lowest BCUT2D eigenvalue weighted by Crippen LogP contribution is -2.29. The topological polar surface area (TPSA) is 68.3 Å². The van der Waals surface area contributed by atoms with Crippen LogP contribution in [0.5, 0.6) is 0 Å². The van der Waals surface area contributed by atoms with Crippen LogP contribution >= 0.6 is 11.8 Å². The molecule has 0 atom stereocenters. The summed E-state index contributed by atoms with van der Waals surface area (Å²) in [5.41, 5.74) is 2.25. The molecule has 19 heavy (non-hydrogen) atoms. The zero-order valence-corrected chi connectivity index (χ0v) is 10.5. The number of halogens is 2. The van der Waals surface area contributed by atoms with E-state index < -0.39 is 17.5 Å². The average molecular weight is 284 g/mol. The van der Waals surface area contributed by atoms with Gasteiger partial charge in [0.1, 0.15) is 23.7 Å². The number of nitrogen functional groups attached to an aromatic ring is 1. The second-order valence-corrected chi connectivity index (χ2v) is 4.66. The summed E-state index contributed by atoms with van der Waals surface area (Å²) in [4.78, 5) is 11.4. The fourth-order valence-electron chi connectivity index (χ4n) is 1.40. The second kappa shape index (κ2) is 5.85. The molecule has 1 aromatic heterocycles. The molecule has 4 nitrogen and oxygen atoms in total. The predicted octanol–water partition coefficient (Wildman–Crippen LogP) is 2.45. The van der Waals surface area contributed by atoms with E-state index in [1.54, 1.807) is 0 Å². The maximum absolute atomic E-state index is 13.4. The van der Waals surface area contributed by atoms with Crippen LogP contribution in [0.1, 0.15) is 16.1 Å². The summed E-state index contributed by atoms with van der Waals surface area (Å²) in [6.07, 6.45) is 1.25. The number of hydrazine groups is 1. The Hall–Kier alpha value is -1.86. The van der Waals surface area contributed by atoms with E-state index in [1.165, 1.54) is 12.3 Å². The molecule has 2 rings (SSSR count). The number of nitrogens with two attached hydrogens (primary N) is 1. The van der Waals surface area contributed by atoms with Crippen LogP contribution in [0, 0.1) is 11.6 Å². The van der Waals surface area contributed by atoms with Gasteiger partial charge in [0, 0.05) is 4.90 Å². The molecular weight excluding hydrogens is 274 g/mol. The van der Waals surface area contributed by atoms with Crippen molar-refractivity contribution < 1.29 is 18.0 Å². The number of carbonyl (C=O) groups excluding carboxylic acids is 1. The van der Waals surface area contributed by atoms with Crippen molar-refractivity contribution >= 4 is 17.7 Å². The van der Waals surface area contributed by atoms with Gasteiger partial charge in [0.15, 0.2) is 0 Å². The van der Waals surface area contributed by atoms with Gasteiger partial charge in [0.25, 0.3) is 5.91 Å². The van der Waals surface area contributed by atoms with Gasteiger partial charge in [-0.05, 0) is 24.3 Å². The molecule has 0 fully saturated rings. The second-order valence-electron chi connectivity index (χ2n) is 3.64. The first-order chi connectivity index (χ1) is 9.10. The molecule has 0 bridgehead atoms. The van der Waals surface area contributed by atoms with E-state index in [9.17, 15) is 13.6 Å². The van der Waals surface area contributed by atoms with Gasteiger partial charge in [-0.15, -0.1) is 11.8 Å². The quantitative estimate of drug-likeness (QED) is 0.392. The fourth-order valence-corrected chi connectivity index (χ4v) is 2.25. The fraction of sp³-hybridized carbons (Fsp3) is 0.0833. The van der Waals surface area contributed by atoms with Gasteiger partial charge in [0.05, 0.1) is 11.3 Å². The maximum Gasteiger partial charge on any atom is 0.268 e. The van der Waals surface area contributed by atoms with Crippen molar-refractivity contribution in [2.24, 2.45) is 5.84 Å². The Kier molecular flexibility index (Phi) is 4.18. The number of hydrogen-bond acceptors (Lipinski definition) is 4. The van der Waals surface area contributed by atoms with E-state index in [4.69, 9.17) is 10.3 Å². The molecule has 7 heteroatoms. The van der Waals surface area contributed by atoms with Crippen molar-refractivity contribution in [1.29, 1.82) is 0 Å². The maximum atomic E-state index is 13.4. The molecule has 0 radical (unpaired) electrons. The van der Waals surface area contributed by atoms with Crippen molar-refractivity contribution in [3.63, 3.8) is 0 Å². The summed E-state index contributed by atoms with van der Waals surface area (Å²) < 4.78 is 31.4. The van der Waals surface area contributed by atoms with Crippen LogP contribution in [0.25, 0.3) is 0 Å². The van der Waals surface area contributed by atoms with Crippen molar-refractivity contribution in [2.45, 2.75) is 10.6 Å². The van der Waals surface area contributed by atoms with E-state index in [0.717, 1.165) is 30.0 Å². The lowest BCUT2D eigenvalue weighted by Gasteiger charge is -2.01. The molecule has 3 N–H and O–H groups in total. The normalized spacial score (nSPS) is 10.5. The Morgan fingerprint density at radius 2 is 2.16 bits per heavy atom. The molecule has 100 valence electrons. The molecule has 0 saturated carbocycles. The summed E-state index contributed by atoms with van der Waals surface area (Å²) in [6, 6.07) is 4.71. The third kappa shape index (κ3) is 3.33. The van der Waals surface area contributed by atoms with E-state index in [2.05, 4.69) is 0 Å². The van der Waals surface area contributed by atoms with E-state index in [-0.39, 0.29) is 16.2 Å². The van der Waals surface area contributed by atoms with E-state index >= 15 is 0 Å². The molecule has 2 aromatic rings. The highest BCUT2D eigenvalue weighted by molar-refractivity contribution is 7.98. The van der Waals surface area contributed by atoms with Crippen LogP contribution < -0.4 is 11.3 Å². The third-order valence-electron chi connectivity index (χ3n) is 2.31. The molecule has 0 unspecified atom stereocenters. The summed E-state index contributed by atoms with van der Waals surface area (Å²) >= 11 is 1.08. The first-order valence-corrected chi connectivity index (χ1v) is 6.25. The first kappa shape index (κ1) is 13.6. The van der Waals surface area contributed by atoms with Gasteiger partial charge in [-0.25, -0.2) is 14.6 Å². The van der Waals surface area contributed by atoms with Gasteiger partial charge in [-0.1, -0.05) is 0 Å². The van der Waals surface area contributed by atoms with Crippen LogP contribution in [-0.4, -0.2) is 5.91 Å². The van der Waals surface area contributed by atoms with Crippen LogP contribution in [0.2, 0.25) is 0 Å². The van der Waals surface area contributed by atoms with Gasteiger partial charge in [-0.2, -0.15) is 0 Å². The van der Waals surface area contributed by atoms with Gasteiger partial charge >= 0.3 is 0 Å². The van der Waals surface area contributed by atoms with Crippen molar-refractivity contribution in [1.82, 2.24) is 5.43 Å². The molecule has 1 heterocycles. The number of carbonyl (C=O) groups is 1. The highest BCUT2D eigenvalue weighted by atomic mass is 32.2. The lowest BCUT2D eigenvalue weighted by molar-refractivity contribution is 0.0953. The Balaban J connectivity index is 2.04. The smallest absolute Gasteiger partial charge is 0.268 e. The monoisotopic (exact) mass is 284 g/mol. The van der Waals surface area contributed by atoms with Crippen molar-refractivity contribution in [3.05, 3.63) is 53.5 Å². The highest BCUT2D eigenvalue weighted by Crippen LogP contribution is 2.26. The predicted molar refractivity (Wildman–Crippen MR) is 66.3 cm³/mol. The third-order valence-corrected chi connectivity index (χ3v) is 3.36. The Morgan fingerprint density at radius 3 is 2.89 bits per heavy atom. The SMILES string of the molecule is NNC(=O)c1coc(CSc2cc(F)ccc2F)c1. The Morgan fingerprint density at radius 1 is 1.37 bits per heavy atom. The van der Waals surface area contributed by atoms with Crippen LogP contribution in [-0.2, 0) is 5.75 Å². The van der Waals surface area contributed by atoms with Gasteiger partial charge < -0.3 is 4.42 Å². The highest BCUT2D eigenvalue weighted by Gasteiger charge is 2.10. The largest absolute Gasteiger partial charge is 0.468 e. The summed E-state index contributed by atoms with van der Waals surface area (Å²) in [5, 5.41) is 0. The van der Waals surface area contributed by atoms with Gasteiger partial charge in [0.2, 0.25) is 0 Å². The van der Waals surface area contributed by atoms with Crippen LogP contribution in [0.15, 0.2) is 39.8 Å². The Labute approximate surface area is 111 Å².